The predicted octanol–water partition coefficient (Wildman–Crippen LogP) is 0.818. The first-order valence-electron chi connectivity index (χ1n) is 6.69. The molecule has 20 heavy (non-hydrogen) atoms. The normalized spacial score (nSPS) is 23.3. The molecular weight excluding hydrogens is 276 g/mol. The quantitative estimate of drug-likeness (QED) is 0.866. The van der Waals surface area contributed by atoms with Crippen molar-refractivity contribution in [3.63, 3.8) is 0 Å². The smallest absolute Gasteiger partial charge is 0.251 e. The Bertz CT molecular complexity index is 581. The summed E-state index contributed by atoms with van der Waals surface area (Å²) >= 11 is 0. The van der Waals surface area contributed by atoms with E-state index < -0.39 is 9.84 Å². The topological polar surface area (TPSA) is 75.3 Å². The van der Waals surface area contributed by atoms with Gasteiger partial charge in [-0.25, -0.2) is 8.42 Å². The molecule has 5 nitrogen and oxygen atoms in total. The SMILES string of the molecule is CC1CNCCC1NC(=O)c1ccc(S(C)(=O)=O)cc1. The van der Waals surface area contributed by atoms with Crippen molar-refractivity contribution in [2.75, 3.05) is 19.3 Å². The van der Waals surface area contributed by atoms with E-state index in [1.165, 1.54) is 12.1 Å². The van der Waals surface area contributed by atoms with Gasteiger partial charge in [0.05, 0.1) is 4.90 Å². The van der Waals surface area contributed by atoms with Crippen molar-refractivity contribution in [2.45, 2.75) is 24.3 Å². The molecule has 6 heteroatoms. The minimum Gasteiger partial charge on any atom is -0.349 e. The molecule has 0 bridgehead atoms. The number of benzene rings is 1. The summed E-state index contributed by atoms with van der Waals surface area (Å²) in [6.45, 7) is 3.91. The van der Waals surface area contributed by atoms with Crippen LogP contribution in [-0.4, -0.2) is 39.7 Å². The third-order valence-electron chi connectivity index (χ3n) is 3.65. The van der Waals surface area contributed by atoms with Crippen LogP contribution < -0.4 is 10.6 Å². The molecule has 2 rings (SSSR count). The predicted molar refractivity (Wildman–Crippen MR) is 77.5 cm³/mol. The van der Waals surface area contributed by atoms with Crippen molar-refractivity contribution in [2.24, 2.45) is 5.92 Å². The monoisotopic (exact) mass is 296 g/mol. The van der Waals surface area contributed by atoms with E-state index in [1.807, 2.05) is 0 Å². The Morgan fingerprint density at radius 1 is 1.30 bits per heavy atom. The molecule has 0 aliphatic carbocycles. The fraction of sp³-hybridized carbons (Fsp3) is 0.500. The summed E-state index contributed by atoms with van der Waals surface area (Å²) in [6, 6.07) is 6.21. The highest BCUT2D eigenvalue weighted by atomic mass is 32.2. The summed E-state index contributed by atoms with van der Waals surface area (Å²) in [7, 11) is -3.22. The van der Waals surface area contributed by atoms with Crippen molar-refractivity contribution < 1.29 is 13.2 Å². The van der Waals surface area contributed by atoms with Crippen LogP contribution >= 0.6 is 0 Å². The van der Waals surface area contributed by atoms with Crippen LogP contribution in [0, 0.1) is 5.92 Å². The van der Waals surface area contributed by atoms with E-state index in [4.69, 9.17) is 0 Å². The third-order valence-corrected chi connectivity index (χ3v) is 4.77. The summed E-state index contributed by atoms with van der Waals surface area (Å²) in [6.07, 6.45) is 2.06. The van der Waals surface area contributed by atoms with E-state index in [2.05, 4.69) is 17.6 Å². The fourth-order valence-electron chi connectivity index (χ4n) is 2.33. The van der Waals surface area contributed by atoms with Crippen molar-refractivity contribution >= 4 is 15.7 Å². The van der Waals surface area contributed by atoms with Gasteiger partial charge in [-0.3, -0.25) is 4.79 Å². The van der Waals surface area contributed by atoms with E-state index in [0.29, 0.717) is 11.5 Å². The van der Waals surface area contributed by atoms with E-state index in [1.54, 1.807) is 12.1 Å². The minimum absolute atomic E-state index is 0.149. The second-order valence-electron chi connectivity index (χ2n) is 5.35. The molecule has 0 aromatic heterocycles. The van der Waals surface area contributed by atoms with E-state index in [0.717, 1.165) is 25.8 Å². The Morgan fingerprint density at radius 2 is 1.95 bits per heavy atom. The van der Waals surface area contributed by atoms with Gasteiger partial charge in [0, 0.05) is 17.9 Å². The highest BCUT2D eigenvalue weighted by Crippen LogP contribution is 2.13. The Kier molecular flexibility index (Phi) is 4.45. The fourth-order valence-corrected chi connectivity index (χ4v) is 2.96. The summed E-state index contributed by atoms with van der Waals surface area (Å²) in [5, 5.41) is 6.30. The van der Waals surface area contributed by atoms with E-state index in [-0.39, 0.29) is 16.8 Å². The molecule has 2 unspecified atom stereocenters. The van der Waals surface area contributed by atoms with Gasteiger partial charge < -0.3 is 10.6 Å². The zero-order chi connectivity index (χ0) is 14.8. The number of rotatable bonds is 3. The van der Waals surface area contributed by atoms with E-state index in [9.17, 15) is 13.2 Å². The van der Waals surface area contributed by atoms with Gasteiger partial charge in [0.25, 0.3) is 5.91 Å². The van der Waals surface area contributed by atoms with Crippen molar-refractivity contribution in [1.82, 2.24) is 10.6 Å². The Hall–Kier alpha value is -1.40. The first-order chi connectivity index (χ1) is 9.38. The molecule has 2 N–H and O–H groups in total. The van der Waals surface area contributed by atoms with Crippen LogP contribution in [-0.2, 0) is 9.84 Å². The van der Waals surface area contributed by atoms with Gasteiger partial charge in [0.1, 0.15) is 0 Å². The summed E-state index contributed by atoms with van der Waals surface area (Å²) in [4.78, 5) is 12.4. The summed E-state index contributed by atoms with van der Waals surface area (Å²) in [5.41, 5.74) is 0.489. The maximum absolute atomic E-state index is 12.1. The van der Waals surface area contributed by atoms with Crippen molar-refractivity contribution in [3.8, 4) is 0 Å². The van der Waals surface area contributed by atoms with Gasteiger partial charge in [-0.2, -0.15) is 0 Å². The second-order valence-corrected chi connectivity index (χ2v) is 7.36. The second kappa shape index (κ2) is 5.93. The van der Waals surface area contributed by atoms with Gasteiger partial charge in [-0.1, -0.05) is 6.92 Å². The minimum atomic E-state index is -3.22. The molecule has 1 amide bonds. The van der Waals surface area contributed by atoms with Crippen molar-refractivity contribution in [3.05, 3.63) is 29.8 Å². The molecule has 1 aliphatic heterocycles. The summed E-state index contributed by atoms with van der Waals surface area (Å²) < 4.78 is 22.7. The highest BCUT2D eigenvalue weighted by Gasteiger charge is 2.23. The first-order valence-corrected chi connectivity index (χ1v) is 8.59. The van der Waals surface area contributed by atoms with Gasteiger partial charge in [-0.05, 0) is 49.7 Å². The molecule has 0 saturated carbocycles. The molecule has 110 valence electrons. The Labute approximate surface area is 119 Å². The number of carbonyl (C=O) groups excluding carboxylic acids is 1. The van der Waals surface area contributed by atoms with E-state index >= 15 is 0 Å². The summed E-state index contributed by atoms with van der Waals surface area (Å²) in [5.74, 6) is 0.242. The van der Waals surface area contributed by atoms with Gasteiger partial charge in [0.15, 0.2) is 9.84 Å². The average molecular weight is 296 g/mol. The maximum atomic E-state index is 12.1. The van der Waals surface area contributed by atoms with Crippen molar-refractivity contribution in [1.29, 1.82) is 0 Å². The van der Waals surface area contributed by atoms with Crippen LogP contribution in [0.3, 0.4) is 0 Å². The Balaban J connectivity index is 2.06. The molecule has 1 aliphatic rings. The van der Waals surface area contributed by atoms with Gasteiger partial charge >= 0.3 is 0 Å². The third kappa shape index (κ3) is 3.58. The number of nitrogens with one attached hydrogen (secondary N) is 2. The maximum Gasteiger partial charge on any atom is 0.251 e. The average Bonchev–Trinajstić information content (AvgIpc) is 2.40. The molecular formula is C14H20N2O3S. The number of amides is 1. The molecule has 0 spiro atoms. The van der Waals surface area contributed by atoms with Crippen LogP contribution in [0.25, 0.3) is 0 Å². The number of piperidine rings is 1. The van der Waals surface area contributed by atoms with Gasteiger partial charge in [0.2, 0.25) is 0 Å². The van der Waals surface area contributed by atoms with Crippen LogP contribution in [0.1, 0.15) is 23.7 Å². The number of hydrogen-bond acceptors (Lipinski definition) is 4. The van der Waals surface area contributed by atoms with Crippen LogP contribution in [0.4, 0.5) is 0 Å². The number of sulfone groups is 1. The zero-order valence-electron chi connectivity index (χ0n) is 11.7. The standard InChI is InChI=1S/C14H20N2O3S/c1-10-9-15-8-7-13(10)16-14(17)11-3-5-12(6-4-11)20(2,18)19/h3-6,10,13,15H,7-9H2,1-2H3,(H,16,17). The molecule has 1 aromatic carbocycles. The molecule has 1 saturated heterocycles. The molecule has 1 fully saturated rings. The van der Waals surface area contributed by atoms with Crippen LogP contribution in [0.5, 0.6) is 0 Å². The number of hydrogen-bond donors (Lipinski definition) is 2. The molecule has 1 heterocycles. The lowest BCUT2D eigenvalue weighted by Crippen LogP contribution is -2.48. The molecule has 2 atom stereocenters. The molecule has 1 aromatic rings. The zero-order valence-corrected chi connectivity index (χ0v) is 12.5. The molecule has 0 radical (unpaired) electrons. The lowest BCUT2D eigenvalue weighted by molar-refractivity contribution is 0.0914. The lowest BCUT2D eigenvalue weighted by Gasteiger charge is -2.30. The largest absolute Gasteiger partial charge is 0.349 e. The van der Waals surface area contributed by atoms with Crippen LogP contribution in [0.15, 0.2) is 29.2 Å². The first kappa shape index (κ1) is 15.0. The van der Waals surface area contributed by atoms with Crippen LogP contribution in [0.2, 0.25) is 0 Å². The highest BCUT2D eigenvalue weighted by molar-refractivity contribution is 7.90. The Morgan fingerprint density at radius 3 is 2.50 bits per heavy atom. The number of carbonyl (C=O) groups is 1. The lowest BCUT2D eigenvalue weighted by atomic mass is 9.95. The van der Waals surface area contributed by atoms with Gasteiger partial charge in [-0.15, -0.1) is 0 Å².